The van der Waals surface area contributed by atoms with E-state index in [9.17, 15) is 19.1 Å². The Bertz CT molecular complexity index is 824. The van der Waals surface area contributed by atoms with Gasteiger partial charge in [-0.15, -0.1) is 0 Å². The van der Waals surface area contributed by atoms with Gasteiger partial charge in [-0.25, -0.2) is 4.39 Å². The summed E-state index contributed by atoms with van der Waals surface area (Å²) in [7, 11) is 0. The number of hydrogen-bond acceptors (Lipinski definition) is 6. The molecule has 0 aliphatic rings. The summed E-state index contributed by atoms with van der Waals surface area (Å²) in [6.07, 6.45) is 1.06. The number of nitrogens with zero attached hydrogens (tertiary/aromatic N) is 3. The summed E-state index contributed by atoms with van der Waals surface area (Å²) < 4.78 is 18.9. The maximum atomic E-state index is 13.7. The molecule has 9 heteroatoms. The van der Waals surface area contributed by atoms with Crippen molar-refractivity contribution in [1.82, 2.24) is 20.4 Å². The van der Waals surface area contributed by atoms with E-state index in [2.05, 4.69) is 15.5 Å². The maximum absolute atomic E-state index is 13.7. The molecule has 0 radical (unpaired) electrons. The van der Waals surface area contributed by atoms with Crippen molar-refractivity contribution in [3.63, 3.8) is 0 Å². The third-order valence-electron chi connectivity index (χ3n) is 4.41. The number of carboxylic acid groups (broad SMARTS) is 1. The number of amides is 1. The van der Waals surface area contributed by atoms with Gasteiger partial charge < -0.3 is 14.9 Å². The number of halogens is 1. The average molecular weight is 392 g/mol. The summed E-state index contributed by atoms with van der Waals surface area (Å²) >= 11 is 0. The summed E-state index contributed by atoms with van der Waals surface area (Å²) in [5.74, 6) is -0.699. The molecule has 1 aromatic carbocycles. The molecule has 0 fully saturated rings. The van der Waals surface area contributed by atoms with Gasteiger partial charge in [0, 0.05) is 32.0 Å². The van der Waals surface area contributed by atoms with E-state index < -0.39 is 12.0 Å². The third-order valence-corrected chi connectivity index (χ3v) is 4.41. The van der Waals surface area contributed by atoms with Gasteiger partial charge in [0.25, 0.3) is 0 Å². The Hall–Kier alpha value is -2.81. The average Bonchev–Trinajstić information content (AvgIpc) is 3.10. The molecule has 0 saturated heterocycles. The van der Waals surface area contributed by atoms with Crippen LogP contribution in [0.4, 0.5) is 4.39 Å². The third kappa shape index (κ3) is 6.12. The van der Waals surface area contributed by atoms with Crippen LogP contribution >= 0.6 is 0 Å². The Kier molecular flexibility index (Phi) is 7.62. The number of carboxylic acids is 1. The molecule has 1 unspecified atom stereocenters. The molecule has 0 bridgehead atoms. The Morgan fingerprint density at radius 3 is 2.75 bits per heavy atom. The summed E-state index contributed by atoms with van der Waals surface area (Å²) in [5, 5.41) is 15.8. The Labute approximate surface area is 162 Å². The second-order valence-corrected chi connectivity index (χ2v) is 6.61. The van der Waals surface area contributed by atoms with Crippen LogP contribution in [0.2, 0.25) is 0 Å². The van der Waals surface area contributed by atoms with Crippen LogP contribution in [0.3, 0.4) is 0 Å². The molecule has 0 spiro atoms. The lowest BCUT2D eigenvalue weighted by molar-refractivity contribution is -0.142. The molecule has 1 heterocycles. The van der Waals surface area contributed by atoms with Gasteiger partial charge in [-0.3, -0.25) is 14.5 Å². The van der Waals surface area contributed by atoms with Crippen molar-refractivity contribution >= 4 is 11.9 Å². The Morgan fingerprint density at radius 2 is 2.11 bits per heavy atom. The van der Waals surface area contributed by atoms with Crippen molar-refractivity contribution < 1.29 is 23.6 Å². The number of hydrogen-bond donors (Lipinski definition) is 2. The van der Waals surface area contributed by atoms with Crippen LogP contribution in [0.5, 0.6) is 0 Å². The fraction of sp³-hybridized carbons (Fsp3) is 0.474. The van der Waals surface area contributed by atoms with Crippen molar-refractivity contribution in [2.75, 3.05) is 19.6 Å². The first kappa shape index (κ1) is 21.5. The highest BCUT2D eigenvalue weighted by Gasteiger charge is 2.20. The molecule has 8 nitrogen and oxygen atoms in total. The van der Waals surface area contributed by atoms with Gasteiger partial charge >= 0.3 is 5.97 Å². The Balaban J connectivity index is 1.92. The normalized spacial score (nSPS) is 12.2. The van der Waals surface area contributed by atoms with Gasteiger partial charge in [0.2, 0.25) is 17.6 Å². The maximum Gasteiger partial charge on any atom is 0.320 e. The molecule has 28 heavy (non-hydrogen) atoms. The van der Waals surface area contributed by atoms with Crippen molar-refractivity contribution in [2.24, 2.45) is 0 Å². The van der Waals surface area contributed by atoms with E-state index in [0.717, 1.165) is 0 Å². The van der Waals surface area contributed by atoms with E-state index >= 15 is 0 Å². The summed E-state index contributed by atoms with van der Waals surface area (Å²) in [5.41, 5.74) is 1.08. The number of carbonyl (C=O) groups is 2. The van der Waals surface area contributed by atoms with Gasteiger partial charge in [0.1, 0.15) is 11.9 Å². The second-order valence-electron chi connectivity index (χ2n) is 6.61. The molecule has 0 saturated carbocycles. The topological polar surface area (TPSA) is 109 Å². The fourth-order valence-electron chi connectivity index (χ4n) is 2.67. The second kappa shape index (κ2) is 9.93. The van der Waals surface area contributed by atoms with E-state index in [4.69, 9.17) is 4.52 Å². The quantitative estimate of drug-likeness (QED) is 0.637. The van der Waals surface area contributed by atoms with Gasteiger partial charge in [-0.05, 0) is 38.4 Å². The van der Waals surface area contributed by atoms with Gasteiger partial charge in [0.15, 0.2) is 0 Å². The van der Waals surface area contributed by atoms with E-state index in [-0.39, 0.29) is 11.7 Å². The highest BCUT2D eigenvalue weighted by atomic mass is 19.1. The lowest BCUT2D eigenvalue weighted by Crippen LogP contribution is -2.43. The van der Waals surface area contributed by atoms with Crippen LogP contribution in [0, 0.1) is 12.7 Å². The number of aryl methyl sites for hydroxylation is 2. The predicted molar refractivity (Wildman–Crippen MR) is 100 cm³/mol. The van der Waals surface area contributed by atoms with Gasteiger partial charge in [-0.2, -0.15) is 4.98 Å². The predicted octanol–water partition coefficient (Wildman–Crippen LogP) is 2.03. The van der Waals surface area contributed by atoms with E-state index in [0.29, 0.717) is 55.3 Å². The monoisotopic (exact) mass is 392 g/mol. The lowest BCUT2D eigenvalue weighted by Gasteiger charge is -2.26. The highest BCUT2D eigenvalue weighted by molar-refractivity contribution is 5.73. The van der Waals surface area contributed by atoms with E-state index in [1.54, 1.807) is 30.9 Å². The van der Waals surface area contributed by atoms with E-state index in [1.807, 2.05) is 0 Å². The summed E-state index contributed by atoms with van der Waals surface area (Å²) in [6, 6.07) is 4.07. The largest absolute Gasteiger partial charge is 0.480 e. The summed E-state index contributed by atoms with van der Waals surface area (Å²) in [4.78, 5) is 28.3. The van der Waals surface area contributed by atoms with Crippen LogP contribution in [-0.4, -0.2) is 57.7 Å². The van der Waals surface area contributed by atoms with Crippen LogP contribution in [0.25, 0.3) is 11.4 Å². The molecular formula is C19H25FN4O4. The molecular weight excluding hydrogens is 367 g/mol. The first-order valence-electron chi connectivity index (χ1n) is 9.08. The highest BCUT2D eigenvalue weighted by Crippen LogP contribution is 2.19. The van der Waals surface area contributed by atoms with Crippen LogP contribution in [0.15, 0.2) is 22.7 Å². The minimum absolute atomic E-state index is 0.158. The number of aliphatic carboxylic acids is 1. The molecule has 1 atom stereocenters. The van der Waals surface area contributed by atoms with Crippen LogP contribution < -0.4 is 5.32 Å². The van der Waals surface area contributed by atoms with Gasteiger partial charge in [-0.1, -0.05) is 17.3 Å². The molecule has 1 aromatic heterocycles. The zero-order valence-corrected chi connectivity index (χ0v) is 16.2. The van der Waals surface area contributed by atoms with Crippen molar-refractivity contribution in [3.05, 3.63) is 35.5 Å². The first-order valence-corrected chi connectivity index (χ1v) is 9.08. The number of rotatable bonds is 10. The molecule has 0 aliphatic heterocycles. The minimum atomic E-state index is -0.927. The molecule has 1 amide bonds. The molecule has 2 aromatic rings. The minimum Gasteiger partial charge on any atom is -0.480 e. The molecule has 2 N–H and O–H groups in total. The zero-order chi connectivity index (χ0) is 20.7. The smallest absolute Gasteiger partial charge is 0.320 e. The lowest BCUT2D eigenvalue weighted by atomic mass is 10.1. The molecule has 0 aliphatic carbocycles. The van der Waals surface area contributed by atoms with Gasteiger partial charge in [0.05, 0.1) is 0 Å². The van der Waals surface area contributed by atoms with E-state index in [1.165, 1.54) is 13.0 Å². The molecule has 2 rings (SSSR count). The number of nitrogens with one attached hydrogen (secondary N) is 1. The number of benzene rings is 1. The number of carbonyl (C=O) groups excluding carboxylic acids is 1. The number of aromatic nitrogens is 2. The SMILES string of the molecule is CC(=O)NCCN(CCCc1nc(-c2ccc(C)c(F)c2)no1)C(C)C(=O)O. The van der Waals surface area contributed by atoms with Crippen molar-refractivity contribution in [3.8, 4) is 11.4 Å². The van der Waals surface area contributed by atoms with Crippen LogP contribution in [-0.2, 0) is 16.0 Å². The summed E-state index contributed by atoms with van der Waals surface area (Å²) in [6.45, 7) is 5.98. The first-order chi connectivity index (χ1) is 13.3. The standard InChI is InChI=1S/C19H25FN4O4/c1-12-6-7-15(11-16(12)20)18-22-17(28-23-18)5-4-9-24(13(2)19(26)27)10-8-21-14(3)25/h6-7,11,13H,4-5,8-10H2,1-3H3,(H,21,25)(H,26,27). The van der Waals surface area contributed by atoms with Crippen molar-refractivity contribution in [1.29, 1.82) is 0 Å². The van der Waals surface area contributed by atoms with Crippen molar-refractivity contribution in [2.45, 2.75) is 39.7 Å². The fourth-order valence-corrected chi connectivity index (χ4v) is 2.67. The molecule has 152 valence electrons. The zero-order valence-electron chi connectivity index (χ0n) is 16.2. The van der Waals surface area contributed by atoms with Crippen LogP contribution in [0.1, 0.15) is 31.7 Å². The Morgan fingerprint density at radius 1 is 1.36 bits per heavy atom.